The van der Waals surface area contributed by atoms with Crippen molar-refractivity contribution in [2.24, 2.45) is 5.41 Å². The molecule has 1 nitrogen and oxygen atoms in total. The zero-order valence-electron chi connectivity index (χ0n) is 12.5. The van der Waals surface area contributed by atoms with E-state index in [4.69, 9.17) is 0 Å². The highest BCUT2D eigenvalue weighted by atomic mass is 14.9. The van der Waals surface area contributed by atoms with E-state index in [0.29, 0.717) is 11.5 Å². The van der Waals surface area contributed by atoms with Crippen LogP contribution in [0.25, 0.3) is 0 Å². The molecule has 102 valence electrons. The number of nitrogens with one attached hydrogen (secondary N) is 1. The molecule has 0 bridgehead atoms. The molecule has 0 aliphatic carbocycles. The smallest absolute Gasteiger partial charge is 0.00103 e. The Morgan fingerprint density at radius 3 is 2.33 bits per heavy atom. The van der Waals surface area contributed by atoms with Crippen molar-refractivity contribution >= 4 is 0 Å². The van der Waals surface area contributed by atoms with Crippen molar-refractivity contribution in [2.75, 3.05) is 6.54 Å². The molecule has 0 amide bonds. The van der Waals surface area contributed by atoms with Crippen LogP contribution < -0.4 is 5.32 Å². The van der Waals surface area contributed by atoms with Gasteiger partial charge in [0.15, 0.2) is 0 Å². The first-order valence-corrected chi connectivity index (χ1v) is 7.27. The lowest BCUT2D eigenvalue weighted by Crippen LogP contribution is -2.27. The Morgan fingerprint density at radius 1 is 1.06 bits per heavy atom. The summed E-state index contributed by atoms with van der Waals surface area (Å²) in [5, 5.41) is 3.51. The van der Waals surface area contributed by atoms with Crippen LogP contribution in [0.4, 0.5) is 0 Å². The van der Waals surface area contributed by atoms with Gasteiger partial charge in [-0.25, -0.2) is 0 Å². The summed E-state index contributed by atoms with van der Waals surface area (Å²) in [4.78, 5) is 0. The molecule has 1 rings (SSSR count). The van der Waals surface area contributed by atoms with Crippen LogP contribution >= 0.6 is 0 Å². The molecular weight excluding hydrogens is 218 g/mol. The third-order valence-electron chi connectivity index (χ3n) is 3.52. The molecule has 18 heavy (non-hydrogen) atoms. The summed E-state index contributed by atoms with van der Waals surface area (Å²) < 4.78 is 0. The molecule has 0 saturated heterocycles. The molecular formula is C17H29N. The molecule has 0 fully saturated rings. The van der Waals surface area contributed by atoms with Gasteiger partial charge < -0.3 is 5.32 Å². The quantitative estimate of drug-likeness (QED) is 0.717. The molecule has 0 aliphatic heterocycles. The van der Waals surface area contributed by atoms with Crippen molar-refractivity contribution in [1.82, 2.24) is 5.32 Å². The summed E-state index contributed by atoms with van der Waals surface area (Å²) in [6.07, 6.45) is 5.07. The van der Waals surface area contributed by atoms with Gasteiger partial charge in [0.1, 0.15) is 0 Å². The Labute approximate surface area is 113 Å². The fourth-order valence-electron chi connectivity index (χ4n) is 2.24. The van der Waals surface area contributed by atoms with Gasteiger partial charge in [-0.2, -0.15) is 0 Å². The van der Waals surface area contributed by atoms with E-state index in [2.05, 4.69) is 63.3 Å². The van der Waals surface area contributed by atoms with Crippen LogP contribution in [-0.2, 0) is 6.42 Å². The van der Waals surface area contributed by atoms with Crippen LogP contribution in [0.5, 0.6) is 0 Å². The topological polar surface area (TPSA) is 12.0 Å². The van der Waals surface area contributed by atoms with Crippen LogP contribution in [0.15, 0.2) is 30.3 Å². The first-order valence-electron chi connectivity index (χ1n) is 7.27. The fraction of sp³-hybridized carbons (Fsp3) is 0.647. The van der Waals surface area contributed by atoms with E-state index in [0.717, 1.165) is 6.54 Å². The molecule has 1 N–H and O–H groups in total. The molecule has 0 saturated carbocycles. The lowest BCUT2D eigenvalue weighted by molar-refractivity contribution is 0.290. The van der Waals surface area contributed by atoms with Crippen LogP contribution in [-0.4, -0.2) is 12.6 Å². The Balaban J connectivity index is 2.20. The average molecular weight is 247 g/mol. The lowest BCUT2D eigenvalue weighted by atomic mass is 9.83. The molecule has 0 atom stereocenters. The van der Waals surface area contributed by atoms with E-state index in [-0.39, 0.29) is 0 Å². The lowest BCUT2D eigenvalue weighted by Gasteiger charge is -2.25. The minimum atomic E-state index is 0.455. The fourth-order valence-corrected chi connectivity index (χ4v) is 2.24. The van der Waals surface area contributed by atoms with Gasteiger partial charge in [0.2, 0.25) is 0 Å². The highest BCUT2D eigenvalue weighted by Gasteiger charge is 2.16. The monoisotopic (exact) mass is 247 g/mol. The maximum atomic E-state index is 3.51. The van der Waals surface area contributed by atoms with Crippen LogP contribution in [0.1, 0.15) is 52.5 Å². The molecule has 0 heterocycles. The number of hydrogen-bond donors (Lipinski definition) is 1. The second-order valence-corrected chi connectivity index (χ2v) is 6.36. The first-order chi connectivity index (χ1) is 8.49. The predicted molar refractivity (Wildman–Crippen MR) is 80.9 cm³/mol. The van der Waals surface area contributed by atoms with E-state index in [1.165, 1.54) is 31.2 Å². The largest absolute Gasteiger partial charge is 0.315 e. The van der Waals surface area contributed by atoms with Gasteiger partial charge in [-0.05, 0) is 43.2 Å². The average Bonchev–Trinajstić information content (AvgIpc) is 2.29. The Bertz CT molecular complexity index is 314. The molecule has 0 unspecified atom stereocenters. The summed E-state index contributed by atoms with van der Waals surface area (Å²) in [6, 6.07) is 11.4. The molecule has 0 spiro atoms. The minimum Gasteiger partial charge on any atom is -0.315 e. The van der Waals surface area contributed by atoms with Crippen LogP contribution in [0.2, 0.25) is 0 Å². The molecule has 1 aromatic rings. The number of hydrogen-bond acceptors (Lipinski definition) is 1. The van der Waals surface area contributed by atoms with E-state index in [1.807, 2.05) is 0 Å². The number of aryl methyl sites for hydroxylation is 1. The van der Waals surface area contributed by atoms with Gasteiger partial charge in [-0.3, -0.25) is 0 Å². The Morgan fingerprint density at radius 2 is 1.72 bits per heavy atom. The van der Waals surface area contributed by atoms with Gasteiger partial charge in [-0.15, -0.1) is 0 Å². The van der Waals surface area contributed by atoms with Crippen molar-refractivity contribution in [3.05, 3.63) is 35.9 Å². The molecule has 1 heteroatoms. The highest BCUT2D eigenvalue weighted by Crippen LogP contribution is 2.27. The van der Waals surface area contributed by atoms with Crippen molar-refractivity contribution < 1.29 is 0 Å². The van der Waals surface area contributed by atoms with Crippen molar-refractivity contribution in [3.8, 4) is 0 Å². The SMILES string of the molecule is CC(C)NCCC(C)(C)CCCc1ccccc1. The van der Waals surface area contributed by atoms with Crippen molar-refractivity contribution in [1.29, 1.82) is 0 Å². The van der Waals surface area contributed by atoms with Crippen LogP contribution in [0, 0.1) is 5.41 Å². The normalized spacial score (nSPS) is 12.1. The summed E-state index contributed by atoms with van der Waals surface area (Å²) >= 11 is 0. The third kappa shape index (κ3) is 6.80. The highest BCUT2D eigenvalue weighted by molar-refractivity contribution is 5.14. The van der Waals surface area contributed by atoms with Gasteiger partial charge in [-0.1, -0.05) is 58.0 Å². The number of benzene rings is 1. The van der Waals surface area contributed by atoms with Crippen molar-refractivity contribution in [2.45, 2.75) is 59.4 Å². The molecule has 0 aliphatic rings. The summed E-state index contributed by atoms with van der Waals surface area (Å²) in [5.41, 5.74) is 1.92. The van der Waals surface area contributed by atoms with Gasteiger partial charge in [0.25, 0.3) is 0 Å². The zero-order chi connectivity index (χ0) is 13.4. The maximum absolute atomic E-state index is 3.51. The van der Waals surface area contributed by atoms with Gasteiger partial charge >= 0.3 is 0 Å². The Kier molecular flexibility index (Phi) is 6.42. The standard InChI is InChI=1S/C17H29N/c1-15(2)18-14-13-17(3,4)12-8-11-16-9-6-5-7-10-16/h5-7,9-10,15,18H,8,11-14H2,1-4H3. The van der Waals surface area contributed by atoms with E-state index in [1.54, 1.807) is 0 Å². The Hall–Kier alpha value is -0.820. The second-order valence-electron chi connectivity index (χ2n) is 6.36. The summed E-state index contributed by atoms with van der Waals surface area (Å²) in [6.45, 7) is 10.3. The zero-order valence-corrected chi connectivity index (χ0v) is 12.5. The van der Waals surface area contributed by atoms with E-state index in [9.17, 15) is 0 Å². The second kappa shape index (κ2) is 7.58. The van der Waals surface area contributed by atoms with E-state index < -0.39 is 0 Å². The van der Waals surface area contributed by atoms with Gasteiger partial charge in [0, 0.05) is 6.04 Å². The van der Waals surface area contributed by atoms with Crippen molar-refractivity contribution in [3.63, 3.8) is 0 Å². The summed E-state index contributed by atoms with van der Waals surface area (Å²) in [5.74, 6) is 0. The maximum Gasteiger partial charge on any atom is 0.00103 e. The van der Waals surface area contributed by atoms with Crippen LogP contribution in [0.3, 0.4) is 0 Å². The summed E-state index contributed by atoms with van der Waals surface area (Å²) in [7, 11) is 0. The molecule has 0 aromatic heterocycles. The minimum absolute atomic E-state index is 0.455. The number of rotatable bonds is 8. The first kappa shape index (κ1) is 15.2. The predicted octanol–water partition coefficient (Wildman–Crippen LogP) is 4.42. The molecule has 0 radical (unpaired) electrons. The van der Waals surface area contributed by atoms with Gasteiger partial charge in [0.05, 0.1) is 0 Å². The molecule has 1 aromatic carbocycles. The third-order valence-corrected chi connectivity index (χ3v) is 3.52. The van der Waals surface area contributed by atoms with E-state index >= 15 is 0 Å².